The molecule has 0 aliphatic heterocycles. The molecule has 0 spiro atoms. The maximum absolute atomic E-state index is 9.56. The summed E-state index contributed by atoms with van der Waals surface area (Å²) in [6, 6.07) is 0. The van der Waals surface area contributed by atoms with Gasteiger partial charge in [0, 0.05) is 0 Å². The Labute approximate surface area is 71.2 Å². The topological polar surface area (TPSA) is 54.4 Å². The third kappa shape index (κ3) is 15.8. The molecule has 0 aliphatic rings. The fraction of sp³-hybridized carbons (Fsp3) is 1.00. The molecule has 0 aromatic rings. The van der Waals surface area contributed by atoms with Crippen LogP contribution in [-0.2, 0) is 10.1 Å². The summed E-state index contributed by atoms with van der Waals surface area (Å²) in [6.07, 6.45) is 0. The van der Waals surface area contributed by atoms with Gasteiger partial charge >= 0.3 is 23.1 Å². The molecule has 3 nitrogen and oxygen atoms in total. The largest absolute Gasteiger partial charge is 0.316 e. The zero-order valence-corrected chi connectivity index (χ0v) is 5.42. The Morgan fingerprint density at radius 3 is 1.62 bits per heavy atom. The Kier molecular flexibility index (Phi) is 12.2. The van der Waals surface area contributed by atoms with E-state index in [0.29, 0.717) is 0 Å². The lowest BCUT2D eigenvalue weighted by Gasteiger charge is -1.79. The Balaban J connectivity index is -0.000000125. The second-order valence-electron chi connectivity index (χ2n) is 0.871. The normalized spacial score (nSPS) is 8.75. The van der Waals surface area contributed by atoms with Gasteiger partial charge in [-0.15, -0.1) is 12.4 Å². The Hall–Kier alpha value is 0.966. The van der Waals surface area contributed by atoms with Crippen molar-refractivity contribution in [1.82, 2.24) is 0 Å². The van der Waals surface area contributed by atoms with Gasteiger partial charge in [-0.1, -0.05) is 0 Å². The minimum Gasteiger partial charge on any atom is -0.286 e. The highest BCUT2D eigenvalue weighted by Gasteiger charge is 1.93. The average Bonchev–Trinajstić information content (AvgIpc) is 1.35. The van der Waals surface area contributed by atoms with Crippen molar-refractivity contribution in [2.45, 2.75) is 6.92 Å². The van der Waals surface area contributed by atoms with Gasteiger partial charge in [0.1, 0.15) is 0 Å². The van der Waals surface area contributed by atoms with Crippen molar-refractivity contribution in [1.29, 1.82) is 0 Å². The maximum atomic E-state index is 9.56. The van der Waals surface area contributed by atoms with E-state index in [1.54, 1.807) is 0 Å². The molecule has 0 unspecified atom stereocenters. The second-order valence-corrected chi connectivity index (χ2v) is 2.61. The van der Waals surface area contributed by atoms with E-state index >= 15 is 0 Å². The SMILES string of the molecule is CCS(=O)(=O)O.Cl.[MgH2]. The van der Waals surface area contributed by atoms with E-state index in [1.807, 2.05) is 0 Å². The Bertz CT molecular complexity index is 119. The lowest BCUT2D eigenvalue weighted by Crippen LogP contribution is -1.97. The van der Waals surface area contributed by atoms with Crippen LogP contribution in [0.1, 0.15) is 6.92 Å². The number of hydrogen-bond donors (Lipinski definition) is 1. The van der Waals surface area contributed by atoms with Crippen LogP contribution in [0.5, 0.6) is 0 Å². The van der Waals surface area contributed by atoms with Gasteiger partial charge < -0.3 is 0 Å². The van der Waals surface area contributed by atoms with Crippen LogP contribution in [0.15, 0.2) is 0 Å². The van der Waals surface area contributed by atoms with Crippen molar-refractivity contribution < 1.29 is 13.0 Å². The Morgan fingerprint density at radius 1 is 1.50 bits per heavy atom. The van der Waals surface area contributed by atoms with Crippen LogP contribution in [0.25, 0.3) is 0 Å². The predicted octanol–water partition coefficient (Wildman–Crippen LogP) is -0.600. The molecule has 1 N–H and O–H groups in total. The molecule has 50 valence electrons. The molecule has 0 aromatic heterocycles. The predicted molar refractivity (Wildman–Crippen MR) is 37.9 cm³/mol. The summed E-state index contributed by atoms with van der Waals surface area (Å²) in [5.41, 5.74) is 0. The van der Waals surface area contributed by atoms with Crippen LogP contribution in [0.3, 0.4) is 0 Å². The fourth-order valence-corrected chi connectivity index (χ4v) is 0. The van der Waals surface area contributed by atoms with Gasteiger partial charge in [-0.3, -0.25) is 4.55 Å². The fourth-order valence-electron chi connectivity index (χ4n) is 0. The minimum absolute atomic E-state index is 0. The van der Waals surface area contributed by atoms with E-state index in [1.165, 1.54) is 6.92 Å². The van der Waals surface area contributed by atoms with Crippen molar-refractivity contribution in [2.24, 2.45) is 0 Å². The number of halogens is 1. The zero-order chi connectivity index (χ0) is 5.21. The third-order valence-corrected chi connectivity index (χ3v) is 1.09. The van der Waals surface area contributed by atoms with Gasteiger partial charge in [0.25, 0.3) is 10.1 Å². The minimum atomic E-state index is -3.66. The first-order chi connectivity index (χ1) is 2.56. The highest BCUT2D eigenvalue weighted by atomic mass is 35.5. The molecule has 0 aromatic carbocycles. The zero-order valence-electron chi connectivity index (χ0n) is 3.79. The molecule has 0 bridgehead atoms. The standard InChI is InChI=1S/C2H6O3S.ClH.Mg.2H/c1-2-6(3,4)5;;;;/h2H2,1H3,(H,3,4,5);1H;;;. The van der Waals surface area contributed by atoms with Crippen molar-refractivity contribution >= 4 is 45.6 Å². The van der Waals surface area contributed by atoms with E-state index < -0.39 is 10.1 Å². The van der Waals surface area contributed by atoms with Gasteiger partial charge in [0.15, 0.2) is 0 Å². The van der Waals surface area contributed by atoms with Crippen LogP contribution in [0, 0.1) is 0 Å². The molecule has 6 heteroatoms. The van der Waals surface area contributed by atoms with Gasteiger partial charge in [0.2, 0.25) is 0 Å². The van der Waals surface area contributed by atoms with Gasteiger partial charge in [0.05, 0.1) is 5.75 Å². The van der Waals surface area contributed by atoms with Gasteiger partial charge in [-0.25, -0.2) is 0 Å². The van der Waals surface area contributed by atoms with Crippen LogP contribution in [0.2, 0.25) is 0 Å². The smallest absolute Gasteiger partial charge is 0.286 e. The molecule has 8 heavy (non-hydrogen) atoms. The highest BCUT2D eigenvalue weighted by molar-refractivity contribution is 7.85. The molecule has 0 rings (SSSR count). The van der Waals surface area contributed by atoms with E-state index in [0.717, 1.165) is 0 Å². The van der Waals surface area contributed by atoms with Crippen LogP contribution in [0.4, 0.5) is 0 Å². The van der Waals surface area contributed by atoms with Crippen LogP contribution >= 0.6 is 12.4 Å². The molecular weight excluding hydrogens is 164 g/mol. The molecule has 0 radical (unpaired) electrons. The summed E-state index contributed by atoms with van der Waals surface area (Å²) in [6.45, 7) is 1.37. The lowest BCUT2D eigenvalue weighted by molar-refractivity contribution is 0.484. The van der Waals surface area contributed by atoms with E-state index in [-0.39, 0.29) is 41.2 Å². The van der Waals surface area contributed by atoms with Crippen LogP contribution < -0.4 is 0 Å². The van der Waals surface area contributed by atoms with E-state index in [4.69, 9.17) is 4.55 Å². The number of rotatable bonds is 1. The Morgan fingerprint density at radius 2 is 1.62 bits per heavy atom. The third-order valence-electron chi connectivity index (χ3n) is 0.365. The molecule has 0 atom stereocenters. The summed E-state index contributed by atoms with van der Waals surface area (Å²) in [5.74, 6) is -0.201. The van der Waals surface area contributed by atoms with Crippen molar-refractivity contribution in [3.8, 4) is 0 Å². The molecule has 0 aliphatic carbocycles. The first-order valence-electron chi connectivity index (χ1n) is 1.51. The quantitative estimate of drug-likeness (QED) is 0.425. The average molecular weight is 173 g/mol. The second kappa shape index (κ2) is 6.09. The summed E-state index contributed by atoms with van der Waals surface area (Å²) in [7, 11) is -3.66. The van der Waals surface area contributed by atoms with Gasteiger partial charge in [-0.2, -0.15) is 8.42 Å². The molecule has 0 saturated carbocycles. The van der Waals surface area contributed by atoms with Crippen LogP contribution in [-0.4, -0.2) is 41.8 Å². The molecule has 0 fully saturated rings. The first kappa shape index (κ1) is 16.0. The van der Waals surface area contributed by atoms with Crippen molar-refractivity contribution in [3.05, 3.63) is 0 Å². The lowest BCUT2D eigenvalue weighted by atomic mass is 11.0. The summed E-state index contributed by atoms with van der Waals surface area (Å²) in [5, 5.41) is 0. The molecular formula is C2H9ClMgO3S. The molecule has 0 heterocycles. The van der Waals surface area contributed by atoms with E-state index in [9.17, 15) is 8.42 Å². The maximum Gasteiger partial charge on any atom is 0.316 e. The molecule has 0 amide bonds. The molecule has 0 saturated heterocycles. The summed E-state index contributed by atoms with van der Waals surface area (Å²) >= 11 is 0. The van der Waals surface area contributed by atoms with Gasteiger partial charge in [-0.05, 0) is 6.92 Å². The van der Waals surface area contributed by atoms with E-state index in [2.05, 4.69) is 0 Å². The number of hydrogen-bond acceptors (Lipinski definition) is 2. The monoisotopic (exact) mass is 172 g/mol. The summed E-state index contributed by atoms with van der Waals surface area (Å²) in [4.78, 5) is 0. The first-order valence-corrected chi connectivity index (χ1v) is 3.12. The summed E-state index contributed by atoms with van der Waals surface area (Å²) < 4.78 is 26.9. The highest BCUT2D eigenvalue weighted by Crippen LogP contribution is 1.74. The van der Waals surface area contributed by atoms with Crippen molar-refractivity contribution in [2.75, 3.05) is 5.75 Å². The van der Waals surface area contributed by atoms with Crippen molar-refractivity contribution in [3.63, 3.8) is 0 Å².